The highest BCUT2D eigenvalue weighted by molar-refractivity contribution is 8.00. The van der Waals surface area contributed by atoms with Crippen molar-refractivity contribution in [2.45, 2.75) is 71.4 Å². The lowest BCUT2D eigenvalue weighted by atomic mass is 9.97. The van der Waals surface area contributed by atoms with Crippen molar-refractivity contribution in [2.75, 3.05) is 30.7 Å². The Kier molecular flexibility index (Phi) is 9.81. The van der Waals surface area contributed by atoms with Gasteiger partial charge in [0.25, 0.3) is 0 Å². The van der Waals surface area contributed by atoms with Gasteiger partial charge in [0.2, 0.25) is 5.91 Å². The van der Waals surface area contributed by atoms with E-state index in [0.29, 0.717) is 43.4 Å². The number of thioether (sulfide) groups is 1. The first-order chi connectivity index (χ1) is 17.3. The molecule has 0 aliphatic carbocycles. The minimum absolute atomic E-state index is 0.0512. The second kappa shape index (κ2) is 12.4. The summed E-state index contributed by atoms with van der Waals surface area (Å²) < 4.78 is 5.58. The molecule has 0 unspecified atom stereocenters. The lowest BCUT2D eigenvalue weighted by Gasteiger charge is -2.26. The number of hydrogen-bond donors (Lipinski definition) is 2. The number of nitrogens with one attached hydrogen (secondary N) is 2. The second-order valence-electron chi connectivity index (χ2n) is 11.7. The van der Waals surface area contributed by atoms with E-state index in [1.807, 2.05) is 39.0 Å². The molecule has 1 aliphatic rings. The molecule has 2 aromatic rings. The normalized spacial score (nSPS) is 14.0. The highest BCUT2D eigenvalue weighted by atomic mass is 35.5. The summed E-state index contributed by atoms with van der Waals surface area (Å²) in [5.74, 6) is 0.454. The minimum Gasteiger partial charge on any atom is -0.444 e. The minimum atomic E-state index is -0.515. The monoisotopic (exact) mass is 545 g/mol. The van der Waals surface area contributed by atoms with E-state index in [2.05, 4.69) is 49.6 Å². The van der Waals surface area contributed by atoms with E-state index in [9.17, 15) is 9.59 Å². The molecular weight excluding hydrogens is 506 g/mol. The molecule has 1 aliphatic heterocycles. The number of nitrogens with zero attached hydrogens (tertiary/aromatic N) is 1. The first-order valence-electron chi connectivity index (χ1n) is 12.8. The van der Waals surface area contributed by atoms with Gasteiger partial charge in [0.15, 0.2) is 0 Å². The van der Waals surface area contributed by atoms with Crippen LogP contribution in [0.5, 0.6) is 0 Å². The molecule has 2 amide bonds. The van der Waals surface area contributed by atoms with Crippen LogP contribution >= 0.6 is 23.4 Å². The van der Waals surface area contributed by atoms with Crippen molar-refractivity contribution in [2.24, 2.45) is 5.41 Å². The van der Waals surface area contributed by atoms with Gasteiger partial charge in [-0.3, -0.25) is 4.79 Å². The largest absolute Gasteiger partial charge is 0.444 e. The zero-order chi connectivity index (χ0) is 27.2. The number of carbonyl (C=O) groups is 2. The quantitative estimate of drug-likeness (QED) is 0.386. The number of amides is 2. The molecule has 0 fully saturated rings. The van der Waals surface area contributed by atoms with Crippen molar-refractivity contribution in [3.05, 3.63) is 58.1 Å². The fourth-order valence-electron chi connectivity index (χ4n) is 3.95. The van der Waals surface area contributed by atoms with Crippen LogP contribution in [-0.4, -0.2) is 47.9 Å². The first-order valence-corrected chi connectivity index (χ1v) is 14.2. The molecule has 2 N–H and O–H groups in total. The number of anilines is 1. The third-order valence-electron chi connectivity index (χ3n) is 5.87. The molecule has 0 bridgehead atoms. The van der Waals surface area contributed by atoms with Gasteiger partial charge in [-0.2, -0.15) is 0 Å². The number of carbonyl (C=O) groups excluding carboxylic acids is 2. The maximum atomic E-state index is 12.6. The van der Waals surface area contributed by atoms with Crippen LogP contribution in [0.2, 0.25) is 5.02 Å². The Balaban J connectivity index is 1.57. The lowest BCUT2D eigenvalue weighted by Crippen LogP contribution is -2.38. The number of benzene rings is 2. The van der Waals surface area contributed by atoms with Crippen LogP contribution in [0.25, 0.3) is 0 Å². The molecule has 0 aromatic heterocycles. The van der Waals surface area contributed by atoms with Gasteiger partial charge in [0.05, 0.1) is 16.5 Å². The Hall–Kier alpha value is -2.38. The second-order valence-corrected chi connectivity index (χ2v) is 13.1. The first kappa shape index (κ1) is 29.2. The van der Waals surface area contributed by atoms with E-state index in [-0.39, 0.29) is 17.4 Å². The fourth-order valence-corrected chi connectivity index (χ4v) is 4.93. The predicted octanol–water partition coefficient (Wildman–Crippen LogP) is 6.54. The lowest BCUT2D eigenvalue weighted by molar-refractivity contribution is -0.118. The zero-order valence-corrected chi connectivity index (χ0v) is 24.4. The number of fused-ring (bicyclic) bond motifs is 1. The summed E-state index contributed by atoms with van der Waals surface area (Å²) in [6.07, 6.45) is 1.20. The topological polar surface area (TPSA) is 70.7 Å². The van der Waals surface area contributed by atoms with Crippen LogP contribution in [0.15, 0.2) is 41.3 Å². The van der Waals surface area contributed by atoms with Crippen molar-refractivity contribution in [1.82, 2.24) is 10.2 Å². The molecule has 37 heavy (non-hydrogen) atoms. The van der Waals surface area contributed by atoms with Crippen LogP contribution in [0, 0.1) is 5.41 Å². The molecule has 6 nitrogen and oxygen atoms in total. The maximum absolute atomic E-state index is 12.6. The maximum Gasteiger partial charge on any atom is 0.410 e. The van der Waals surface area contributed by atoms with Crippen LogP contribution in [0.1, 0.15) is 58.2 Å². The number of halogens is 1. The summed E-state index contributed by atoms with van der Waals surface area (Å²) in [5, 5.41) is 7.19. The Morgan fingerprint density at radius 3 is 2.32 bits per heavy atom. The molecule has 8 heteroatoms. The molecule has 0 atom stereocenters. The molecule has 0 saturated carbocycles. The Labute approximate surface area is 230 Å². The molecule has 0 saturated heterocycles. The van der Waals surface area contributed by atoms with Crippen molar-refractivity contribution in [1.29, 1.82) is 0 Å². The van der Waals surface area contributed by atoms with Gasteiger partial charge in [-0.25, -0.2) is 4.79 Å². The van der Waals surface area contributed by atoms with Crippen LogP contribution in [-0.2, 0) is 28.9 Å². The molecule has 0 radical (unpaired) electrons. The Morgan fingerprint density at radius 1 is 1.00 bits per heavy atom. The Bertz CT molecular complexity index is 1090. The summed E-state index contributed by atoms with van der Waals surface area (Å²) in [6.45, 7) is 14.5. The van der Waals surface area contributed by atoms with Gasteiger partial charge in [-0.15, -0.1) is 11.8 Å². The van der Waals surface area contributed by atoms with Crippen molar-refractivity contribution < 1.29 is 14.3 Å². The van der Waals surface area contributed by atoms with Gasteiger partial charge in [-0.1, -0.05) is 50.6 Å². The molecule has 0 spiro atoms. The van der Waals surface area contributed by atoms with E-state index in [4.69, 9.17) is 16.3 Å². The molecule has 3 rings (SSSR count). The number of rotatable bonds is 7. The average Bonchev–Trinajstić information content (AvgIpc) is 3.03. The van der Waals surface area contributed by atoms with Gasteiger partial charge >= 0.3 is 6.09 Å². The van der Waals surface area contributed by atoms with Crippen molar-refractivity contribution in [3.8, 4) is 0 Å². The summed E-state index contributed by atoms with van der Waals surface area (Å²) >= 11 is 8.14. The zero-order valence-electron chi connectivity index (χ0n) is 22.9. The SMILES string of the molecule is CC(C)(C)CNC(=O)CSc1ccc(CNc2c(Cl)ccc3c2CCN(C(=O)OC(C)(C)C)CC3)cc1. The van der Waals surface area contributed by atoms with E-state index in [1.54, 1.807) is 4.90 Å². The van der Waals surface area contributed by atoms with Gasteiger partial charge < -0.3 is 20.3 Å². The highest BCUT2D eigenvalue weighted by Crippen LogP contribution is 2.32. The Morgan fingerprint density at radius 2 is 1.68 bits per heavy atom. The van der Waals surface area contributed by atoms with Crippen LogP contribution < -0.4 is 10.6 Å². The summed E-state index contributed by atoms with van der Waals surface area (Å²) in [4.78, 5) is 27.5. The number of hydrogen-bond acceptors (Lipinski definition) is 5. The standard InChI is InChI=1S/C29H40ClN3O3S/c1-28(2,3)19-32-25(34)18-37-22-10-7-20(8-11-22)17-31-26-23-14-16-33(27(35)36-29(4,5)6)15-13-21(23)9-12-24(26)30/h7-12,31H,13-19H2,1-6H3,(H,32,34). The van der Waals surface area contributed by atoms with Gasteiger partial charge in [-0.05, 0) is 73.9 Å². The summed E-state index contributed by atoms with van der Waals surface area (Å²) in [7, 11) is 0. The molecule has 1 heterocycles. The predicted molar refractivity (Wildman–Crippen MR) is 154 cm³/mol. The third kappa shape index (κ3) is 9.46. The van der Waals surface area contributed by atoms with Gasteiger partial charge in [0.1, 0.15) is 5.60 Å². The van der Waals surface area contributed by atoms with E-state index in [0.717, 1.165) is 28.1 Å². The summed E-state index contributed by atoms with van der Waals surface area (Å²) in [6, 6.07) is 12.2. The highest BCUT2D eigenvalue weighted by Gasteiger charge is 2.25. The summed E-state index contributed by atoms with van der Waals surface area (Å²) in [5.41, 5.74) is 3.98. The fraction of sp³-hybridized carbons (Fsp3) is 0.517. The van der Waals surface area contributed by atoms with Crippen LogP contribution in [0.3, 0.4) is 0 Å². The van der Waals surface area contributed by atoms with E-state index < -0.39 is 5.60 Å². The number of ether oxygens (including phenoxy) is 1. The van der Waals surface area contributed by atoms with E-state index in [1.165, 1.54) is 17.3 Å². The van der Waals surface area contributed by atoms with Gasteiger partial charge in [0, 0.05) is 31.1 Å². The molecular formula is C29H40ClN3O3S. The van der Waals surface area contributed by atoms with E-state index >= 15 is 0 Å². The smallest absolute Gasteiger partial charge is 0.410 e. The molecule has 202 valence electrons. The van der Waals surface area contributed by atoms with Crippen LogP contribution in [0.4, 0.5) is 10.5 Å². The van der Waals surface area contributed by atoms with Crippen molar-refractivity contribution >= 4 is 41.1 Å². The average molecular weight is 546 g/mol. The van der Waals surface area contributed by atoms with Crippen molar-refractivity contribution in [3.63, 3.8) is 0 Å². The molecule has 2 aromatic carbocycles. The third-order valence-corrected chi connectivity index (χ3v) is 7.20.